The van der Waals surface area contributed by atoms with Gasteiger partial charge in [-0.1, -0.05) is 51.3 Å². The molecule has 0 saturated heterocycles. The van der Waals surface area contributed by atoms with Gasteiger partial charge in [0.25, 0.3) is 4.52 Å². The molecule has 0 aromatic rings. The van der Waals surface area contributed by atoms with Crippen molar-refractivity contribution in [2.24, 2.45) is 0 Å². The molecule has 25 heavy (non-hydrogen) atoms. The normalized spacial score (nSPS) is 16.1. The molecule has 0 spiro atoms. The lowest BCUT2D eigenvalue weighted by molar-refractivity contribution is -0.495. The number of hydrogen-bond acceptors (Lipinski definition) is 3. The van der Waals surface area contributed by atoms with Crippen molar-refractivity contribution >= 4 is 46.4 Å². The second-order valence-electron chi connectivity index (χ2n) is 3.65. The molecule has 0 aromatic carbocycles. The Balaban J connectivity index is 6.11. The molecular weight excluding hydrogens is 486 g/mol. The maximum Gasteiger partial charge on any atom is 0.490 e. The van der Waals surface area contributed by atoms with E-state index >= 15 is 0 Å². The number of hydrogen-bond donors (Lipinski definition) is 0. The molecule has 0 aliphatic carbocycles. The summed E-state index contributed by atoms with van der Waals surface area (Å²) in [6.45, 7) is 0. The van der Waals surface area contributed by atoms with Crippen LogP contribution in [-0.4, -0.2) is 44.1 Å². The molecule has 0 heterocycles. The van der Waals surface area contributed by atoms with Crippen LogP contribution >= 0.6 is 46.4 Å². The molecule has 0 unspecified atom stereocenters. The van der Waals surface area contributed by atoms with E-state index < -0.39 is 44.1 Å². The first-order chi connectivity index (χ1) is 10.5. The second-order valence-corrected chi connectivity index (χ2v) is 6.20. The highest BCUT2D eigenvalue weighted by atomic mass is 35.5. The van der Waals surface area contributed by atoms with E-state index in [-0.39, 0.29) is 0 Å². The maximum absolute atomic E-state index is 12.5. The summed E-state index contributed by atoms with van der Waals surface area (Å²) in [6, 6.07) is 0. The summed E-state index contributed by atoms with van der Waals surface area (Å²) in [5.41, 5.74) is 0. The quantitative estimate of drug-likeness (QED) is 0.214. The summed E-state index contributed by atoms with van der Waals surface area (Å²) >= 11 is 18.5. The maximum atomic E-state index is 12.5. The van der Waals surface area contributed by atoms with Crippen molar-refractivity contribution in [3.63, 3.8) is 0 Å². The lowest BCUT2D eigenvalue weighted by Gasteiger charge is -2.43. The van der Waals surface area contributed by atoms with E-state index in [9.17, 15) is 52.7 Å². The van der Waals surface area contributed by atoms with Crippen molar-refractivity contribution in [1.29, 1.82) is 0 Å². The zero-order chi connectivity index (χ0) is 20.9. The van der Waals surface area contributed by atoms with Gasteiger partial charge in [-0.05, 0) is 0 Å². The van der Waals surface area contributed by atoms with Gasteiger partial charge in [-0.15, -0.1) is 0 Å². The third-order valence-electron chi connectivity index (χ3n) is 1.80. The minimum atomic E-state index is -6.60. The average Bonchev–Trinajstić information content (AvgIpc) is 2.17. The van der Waals surface area contributed by atoms with E-state index in [0.29, 0.717) is 0 Å². The average molecular weight is 486 g/mol. The fourth-order valence-electron chi connectivity index (χ4n) is 1.01. The molecule has 0 bridgehead atoms. The van der Waals surface area contributed by atoms with Gasteiger partial charge in [-0.2, -0.15) is 52.7 Å². The van der Waals surface area contributed by atoms with Crippen LogP contribution in [0, 0.1) is 0 Å². The number of alkyl halides is 16. The molecular formula is C6Cl4F12N2O. The monoisotopic (exact) mass is 484 g/mol. The van der Waals surface area contributed by atoms with Gasteiger partial charge in [0.2, 0.25) is 4.46 Å². The van der Waals surface area contributed by atoms with Crippen LogP contribution in [0.1, 0.15) is 0 Å². The van der Waals surface area contributed by atoms with Crippen LogP contribution in [0.4, 0.5) is 52.7 Å². The Morgan fingerprint density at radius 1 is 0.520 bits per heavy atom. The van der Waals surface area contributed by atoms with Gasteiger partial charge in [-0.3, -0.25) is 0 Å². The SMILES string of the molecule is FC(F)(F)N(OC(Cl)(Cl)C(Cl)(Cl)N(C(F)(F)F)C(F)(F)F)C(F)(F)F. The van der Waals surface area contributed by atoms with E-state index in [2.05, 4.69) is 51.2 Å². The highest BCUT2D eigenvalue weighted by molar-refractivity contribution is 6.61. The molecule has 0 atom stereocenters. The molecule has 0 fully saturated rings. The molecule has 0 amide bonds. The van der Waals surface area contributed by atoms with Gasteiger partial charge in [0, 0.05) is 5.06 Å². The van der Waals surface area contributed by atoms with Gasteiger partial charge >= 0.3 is 25.2 Å². The minimum absolute atomic E-state index is 2.81. The summed E-state index contributed by atoms with van der Waals surface area (Å²) in [5.74, 6) is 0. The molecule has 0 saturated carbocycles. The third-order valence-corrected chi connectivity index (χ3v) is 3.75. The molecule has 0 aliphatic rings. The molecule has 0 radical (unpaired) electrons. The van der Waals surface area contributed by atoms with Crippen LogP contribution in [0.25, 0.3) is 0 Å². The van der Waals surface area contributed by atoms with E-state index in [0.717, 1.165) is 0 Å². The van der Waals surface area contributed by atoms with E-state index in [1.807, 2.05) is 0 Å². The van der Waals surface area contributed by atoms with Crippen molar-refractivity contribution < 1.29 is 57.5 Å². The molecule has 152 valence electrons. The summed E-state index contributed by atoms with van der Waals surface area (Å²) in [4.78, 5) is -0.0624. The standard InChI is InChI=1S/C6Cl4F12N2O/c7-1(8,23(3(11,12)13)4(14,15)16)2(9,10)25-24(5(17,18)19)6(20,21)22. The number of nitrogens with zero attached hydrogens (tertiary/aromatic N) is 2. The van der Waals surface area contributed by atoms with Crippen LogP contribution in [0.5, 0.6) is 0 Å². The second kappa shape index (κ2) is 6.98. The lowest BCUT2D eigenvalue weighted by Crippen LogP contribution is -2.65. The van der Waals surface area contributed by atoms with Gasteiger partial charge in [0.1, 0.15) is 0 Å². The van der Waals surface area contributed by atoms with Crippen LogP contribution < -0.4 is 0 Å². The zero-order valence-corrected chi connectivity index (χ0v) is 13.4. The van der Waals surface area contributed by atoms with Gasteiger partial charge < -0.3 is 0 Å². The summed E-state index contributed by atoms with van der Waals surface area (Å²) in [6.07, 6.45) is -26.3. The Hall–Kier alpha value is 0.200. The van der Waals surface area contributed by atoms with Crippen LogP contribution in [0.3, 0.4) is 0 Å². The summed E-state index contributed by atoms with van der Waals surface area (Å²) in [7, 11) is 0. The fraction of sp³-hybridized carbons (Fsp3) is 1.00. The molecule has 0 rings (SSSR count). The van der Waals surface area contributed by atoms with E-state index in [4.69, 9.17) is 0 Å². The van der Waals surface area contributed by atoms with E-state index in [1.165, 1.54) is 0 Å². The first kappa shape index (κ1) is 25.2. The first-order valence-corrected chi connectivity index (χ1v) is 6.29. The highest BCUT2D eigenvalue weighted by Crippen LogP contribution is 2.55. The third kappa shape index (κ3) is 6.10. The van der Waals surface area contributed by atoms with Crippen LogP contribution in [0.2, 0.25) is 0 Å². The van der Waals surface area contributed by atoms with Crippen LogP contribution in [0.15, 0.2) is 0 Å². The van der Waals surface area contributed by atoms with Gasteiger partial charge in [0.05, 0.1) is 0 Å². The largest absolute Gasteiger partial charge is 0.490 e. The topological polar surface area (TPSA) is 15.7 Å². The number of halogens is 16. The van der Waals surface area contributed by atoms with Crippen molar-refractivity contribution in [1.82, 2.24) is 9.96 Å². The van der Waals surface area contributed by atoms with Crippen LogP contribution in [-0.2, 0) is 4.84 Å². The molecule has 0 aliphatic heterocycles. The van der Waals surface area contributed by atoms with Gasteiger partial charge in [0.15, 0.2) is 0 Å². The Bertz CT molecular complexity index is 440. The Morgan fingerprint density at radius 3 is 1.00 bits per heavy atom. The summed E-state index contributed by atoms with van der Waals surface area (Å²) < 4.78 is 138. The van der Waals surface area contributed by atoms with Crippen molar-refractivity contribution in [3.05, 3.63) is 0 Å². The predicted octanol–water partition coefficient (Wildman–Crippen LogP) is 5.86. The van der Waals surface area contributed by atoms with Crippen molar-refractivity contribution in [3.8, 4) is 0 Å². The number of rotatable bonds is 4. The molecule has 0 N–H and O–H groups in total. The van der Waals surface area contributed by atoms with Crippen molar-refractivity contribution in [2.45, 2.75) is 34.2 Å². The highest BCUT2D eigenvalue weighted by Gasteiger charge is 2.72. The predicted molar refractivity (Wildman–Crippen MR) is 57.9 cm³/mol. The van der Waals surface area contributed by atoms with Gasteiger partial charge in [-0.25, -0.2) is 4.84 Å². The lowest BCUT2D eigenvalue weighted by atomic mass is 10.5. The smallest absolute Gasteiger partial charge is 0.239 e. The van der Waals surface area contributed by atoms with E-state index in [1.54, 1.807) is 0 Å². The summed E-state index contributed by atoms with van der Waals surface area (Å²) in [5, 5.41) is -3.00. The Kier molecular flexibility index (Phi) is 7.04. The zero-order valence-electron chi connectivity index (χ0n) is 10.4. The fourth-order valence-corrected chi connectivity index (χ4v) is 1.77. The Morgan fingerprint density at radius 2 is 0.800 bits per heavy atom. The first-order valence-electron chi connectivity index (χ1n) is 4.78. The Labute approximate surface area is 148 Å². The van der Waals surface area contributed by atoms with Crippen molar-refractivity contribution in [2.75, 3.05) is 0 Å². The number of hydroxylamine groups is 2. The molecule has 0 aromatic heterocycles. The molecule has 3 nitrogen and oxygen atoms in total. The minimum Gasteiger partial charge on any atom is -0.239 e. The molecule has 19 heteroatoms.